The molecule has 0 rings (SSSR count). The molecule has 3 heteroatoms. The van der Waals surface area contributed by atoms with Crippen molar-refractivity contribution in [2.45, 2.75) is 26.3 Å². The zero-order valence-electron chi connectivity index (χ0n) is 6.69. The van der Waals surface area contributed by atoms with Crippen LogP contribution in [0.3, 0.4) is 0 Å². The van der Waals surface area contributed by atoms with Crippen molar-refractivity contribution in [1.29, 1.82) is 5.26 Å². The molecule has 0 radical (unpaired) electrons. The Morgan fingerprint density at radius 3 is 2.10 bits per heavy atom. The lowest BCUT2D eigenvalue weighted by atomic mass is 10.1. The summed E-state index contributed by atoms with van der Waals surface area (Å²) < 4.78 is 0. The van der Waals surface area contributed by atoms with Crippen molar-refractivity contribution in [1.82, 2.24) is 4.90 Å². The van der Waals surface area contributed by atoms with Gasteiger partial charge in [-0.15, -0.1) is 11.6 Å². The van der Waals surface area contributed by atoms with Gasteiger partial charge in [-0.05, 0) is 20.8 Å². The Bertz CT molecular complexity index is 132. The number of halogens is 1. The first kappa shape index (κ1) is 9.58. The summed E-state index contributed by atoms with van der Waals surface area (Å²) in [7, 11) is 0. The second kappa shape index (κ2) is 3.68. The van der Waals surface area contributed by atoms with Crippen LogP contribution in [0.1, 0.15) is 20.8 Å². The number of rotatable bonds is 2. The maximum absolute atomic E-state index is 8.61. The predicted octanol–water partition coefficient (Wildman–Crippen LogP) is 1.81. The molecule has 2 nitrogen and oxygen atoms in total. The highest BCUT2D eigenvalue weighted by atomic mass is 35.5. The van der Waals surface area contributed by atoms with Gasteiger partial charge in [0.15, 0.2) is 6.19 Å². The summed E-state index contributed by atoms with van der Waals surface area (Å²) in [5.74, 6) is 0.505. The fraction of sp³-hybridized carbons (Fsp3) is 0.857. The van der Waals surface area contributed by atoms with E-state index in [1.54, 1.807) is 4.90 Å². The van der Waals surface area contributed by atoms with E-state index in [0.29, 0.717) is 12.4 Å². The third-order valence-corrected chi connectivity index (χ3v) is 1.41. The highest BCUT2D eigenvalue weighted by Gasteiger charge is 2.18. The van der Waals surface area contributed by atoms with Gasteiger partial charge in [0.25, 0.3) is 0 Å². The van der Waals surface area contributed by atoms with Gasteiger partial charge in [-0.2, -0.15) is 5.26 Å². The molecular weight excluding hydrogens is 148 g/mol. The molecule has 0 aromatic heterocycles. The Balaban J connectivity index is 3.98. The number of nitrogens with zero attached hydrogens (tertiary/aromatic N) is 2. The predicted molar refractivity (Wildman–Crippen MR) is 42.8 cm³/mol. The van der Waals surface area contributed by atoms with Crippen molar-refractivity contribution in [2.75, 3.05) is 12.4 Å². The van der Waals surface area contributed by atoms with Crippen molar-refractivity contribution >= 4 is 11.6 Å². The van der Waals surface area contributed by atoms with Gasteiger partial charge in [-0.1, -0.05) is 0 Å². The molecule has 0 unspecified atom stereocenters. The lowest BCUT2D eigenvalue weighted by Crippen LogP contribution is -2.38. The first-order chi connectivity index (χ1) is 4.52. The zero-order chi connectivity index (χ0) is 8.20. The minimum absolute atomic E-state index is 0.0936. The molecule has 0 N–H and O–H groups in total. The molecular formula is C7H13ClN2. The third-order valence-electron chi connectivity index (χ3n) is 1.24. The molecule has 0 atom stereocenters. The second-order valence-electron chi connectivity index (χ2n) is 3.11. The van der Waals surface area contributed by atoms with Crippen molar-refractivity contribution in [3.63, 3.8) is 0 Å². The van der Waals surface area contributed by atoms with Crippen LogP contribution in [-0.4, -0.2) is 22.9 Å². The molecule has 0 aliphatic rings. The second-order valence-corrected chi connectivity index (χ2v) is 3.49. The van der Waals surface area contributed by atoms with Gasteiger partial charge >= 0.3 is 0 Å². The first-order valence-corrected chi connectivity index (χ1v) is 3.79. The molecule has 0 aliphatic heterocycles. The standard InChI is InChI=1S/C7H13ClN2/c1-7(2,3)10(6-9)5-4-8/h4-5H2,1-3H3. The van der Waals surface area contributed by atoms with Gasteiger partial charge in [0.05, 0.1) is 0 Å². The lowest BCUT2D eigenvalue weighted by Gasteiger charge is -2.29. The monoisotopic (exact) mass is 160 g/mol. The van der Waals surface area contributed by atoms with E-state index in [1.165, 1.54) is 0 Å². The molecule has 0 aromatic rings. The quantitative estimate of drug-likeness (QED) is 0.350. The van der Waals surface area contributed by atoms with Crippen molar-refractivity contribution in [2.24, 2.45) is 0 Å². The van der Waals surface area contributed by atoms with E-state index in [1.807, 2.05) is 20.8 Å². The molecule has 58 valence electrons. The smallest absolute Gasteiger partial charge is 0.179 e. The van der Waals surface area contributed by atoms with Crippen molar-refractivity contribution in [3.8, 4) is 6.19 Å². The maximum Gasteiger partial charge on any atom is 0.179 e. The van der Waals surface area contributed by atoms with Crippen LogP contribution in [0.2, 0.25) is 0 Å². The molecule has 0 saturated carbocycles. The first-order valence-electron chi connectivity index (χ1n) is 3.25. The molecule has 0 aliphatic carbocycles. The van der Waals surface area contributed by atoms with Crippen molar-refractivity contribution < 1.29 is 0 Å². The van der Waals surface area contributed by atoms with Gasteiger partial charge in [0.2, 0.25) is 0 Å². The van der Waals surface area contributed by atoms with E-state index in [2.05, 4.69) is 6.19 Å². The lowest BCUT2D eigenvalue weighted by molar-refractivity contribution is 0.229. The summed E-state index contributed by atoms with van der Waals surface area (Å²) in [5, 5.41) is 8.61. The maximum atomic E-state index is 8.61. The van der Waals surface area contributed by atoms with Gasteiger partial charge in [-0.25, -0.2) is 0 Å². The minimum atomic E-state index is -0.0936. The largest absolute Gasteiger partial charge is 0.304 e. The summed E-state index contributed by atoms with van der Waals surface area (Å²) in [6, 6.07) is 0. The number of hydrogen-bond donors (Lipinski definition) is 0. The van der Waals surface area contributed by atoms with Crippen LogP contribution in [0.5, 0.6) is 0 Å². The van der Waals surface area contributed by atoms with Crippen LogP contribution in [-0.2, 0) is 0 Å². The Morgan fingerprint density at radius 2 is 2.00 bits per heavy atom. The summed E-state index contributed by atoms with van der Waals surface area (Å²) in [5.41, 5.74) is -0.0936. The fourth-order valence-electron chi connectivity index (χ4n) is 0.620. The molecule has 0 heterocycles. The summed E-state index contributed by atoms with van der Waals surface area (Å²) >= 11 is 5.49. The Hall–Kier alpha value is -0.420. The molecule has 0 bridgehead atoms. The van der Waals surface area contributed by atoms with E-state index in [9.17, 15) is 0 Å². The average molecular weight is 161 g/mol. The minimum Gasteiger partial charge on any atom is -0.304 e. The molecule has 0 spiro atoms. The van der Waals surface area contributed by atoms with Crippen LogP contribution in [0.25, 0.3) is 0 Å². The average Bonchev–Trinajstić information content (AvgIpc) is 1.80. The highest BCUT2D eigenvalue weighted by Crippen LogP contribution is 2.10. The van der Waals surface area contributed by atoms with E-state index >= 15 is 0 Å². The Labute approximate surface area is 67.4 Å². The molecule has 0 fully saturated rings. The Morgan fingerprint density at radius 1 is 1.50 bits per heavy atom. The van der Waals surface area contributed by atoms with Gasteiger partial charge < -0.3 is 4.90 Å². The summed E-state index contributed by atoms with van der Waals surface area (Å²) in [6.45, 7) is 6.59. The van der Waals surface area contributed by atoms with E-state index < -0.39 is 0 Å². The van der Waals surface area contributed by atoms with E-state index in [0.717, 1.165) is 0 Å². The fourth-order valence-corrected chi connectivity index (χ4v) is 0.789. The third kappa shape index (κ3) is 2.93. The van der Waals surface area contributed by atoms with Gasteiger partial charge in [0.1, 0.15) is 0 Å². The summed E-state index contributed by atoms with van der Waals surface area (Å²) in [6.07, 6.45) is 2.09. The van der Waals surface area contributed by atoms with Gasteiger partial charge in [-0.3, -0.25) is 0 Å². The zero-order valence-corrected chi connectivity index (χ0v) is 7.44. The number of nitriles is 1. The highest BCUT2D eigenvalue weighted by molar-refractivity contribution is 6.18. The van der Waals surface area contributed by atoms with Crippen LogP contribution >= 0.6 is 11.6 Å². The normalized spacial score (nSPS) is 10.7. The van der Waals surface area contributed by atoms with E-state index in [4.69, 9.17) is 16.9 Å². The molecule has 0 saturated heterocycles. The summed E-state index contributed by atoms with van der Waals surface area (Å²) in [4.78, 5) is 1.67. The van der Waals surface area contributed by atoms with Crippen LogP contribution in [0.15, 0.2) is 0 Å². The van der Waals surface area contributed by atoms with Crippen LogP contribution in [0.4, 0.5) is 0 Å². The van der Waals surface area contributed by atoms with Gasteiger partial charge in [0, 0.05) is 18.0 Å². The topological polar surface area (TPSA) is 27.0 Å². The van der Waals surface area contributed by atoms with Crippen molar-refractivity contribution in [3.05, 3.63) is 0 Å². The molecule has 0 amide bonds. The number of alkyl halides is 1. The number of hydrogen-bond acceptors (Lipinski definition) is 2. The molecule has 10 heavy (non-hydrogen) atoms. The van der Waals surface area contributed by atoms with Crippen LogP contribution in [0, 0.1) is 11.5 Å². The SMILES string of the molecule is CC(C)(C)N(C#N)CCCl. The van der Waals surface area contributed by atoms with E-state index in [-0.39, 0.29) is 5.54 Å². The Kier molecular flexibility index (Phi) is 3.52. The molecule has 0 aromatic carbocycles. The van der Waals surface area contributed by atoms with Crippen LogP contribution < -0.4 is 0 Å².